The number of aryl methyl sites for hydroxylation is 2. The minimum Gasteiger partial charge on any atom is -0.356 e. The lowest BCUT2D eigenvalue weighted by atomic mass is 10.0. The van der Waals surface area contributed by atoms with Crippen LogP contribution < -0.4 is 10.2 Å². The molecule has 3 heterocycles. The maximum atomic E-state index is 4.72. The maximum Gasteiger partial charge on any atom is 0.135 e. The number of nitrogens with one attached hydrogen (secondary N) is 1. The molecule has 0 saturated carbocycles. The largest absolute Gasteiger partial charge is 0.356 e. The molecule has 1 aliphatic rings. The lowest BCUT2D eigenvalue weighted by Gasteiger charge is -2.34. The lowest BCUT2D eigenvalue weighted by Crippen LogP contribution is -2.43. The van der Waals surface area contributed by atoms with Crippen LogP contribution in [0.15, 0.2) is 30.6 Å². The van der Waals surface area contributed by atoms with Crippen LogP contribution in [0.5, 0.6) is 0 Å². The van der Waals surface area contributed by atoms with Gasteiger partial charge < -0.3 is 10.2 Å². The van der Waals surface area contributed by atoms with E-state index < -0.39 is 0 Å². The van der Waals surface area contributed by atoms with Crippen LogP contribution in [0.2, 0.25) is 0 Å². The quantitative estimate of drug-likeness (QED) is 0.885. The lowest BCUT2D eigenvalue weighted by molar-refractivity contribution is 0.410. The number of nitrogens with zero attached hydrogens (tertiary/aromatic N) is 4. The van der Waals surface area contributed by atoms with Crippen molar-refractivity contribution in [3.05, 3.63) is 47.7 Å². The van der Waals surface area contributed by atoms with Crippen molar-refractivity contribution in [2.75, 3.05) is 18.0 Å². The van der Waals surface area contributed by atoms with Gasteiger partial charge in [-0.1, -0.05) is 19.4 Å². The second-order valence-corrected chi connectivity index (χ2v) is 6.48. The SMILES string of the molecule is CCCc1cnc(C)nc1N1CCC(NCc2ccccn2)CC1. The van der Waals surface area contributed by atoms with E-state index in [1.807, 2.05) is 31.5 Å². The zero-order chi connectivity index (χ0) is 16.8. The normalized spacial score (nSPS) is 15.7. The molecule has 0 unspecified atom stereocenters. The van der Waals surface area contributed by atoms with E-state index in [4.69, 9.17) is 4.98 Å². The van der Waals surface area contributed by atoms with Crippen molar-refractivity contribution in [2.45, 2.75) is 52.1 Å². The fraction of sp³-hybridized carbons (Fsp3) is 0.526. The molecule has 1 saturated heterocycles. The fourth-order valence-corrected chi connectivity index (χ4v) is 3.25. The topological polar surface area (TPSA) is 53.9 Å². The van der Waals surface area contributed by atoms with Gasteiger partial charge in [-0.05, 0) is 38.3 Å². The van der Waals surface area contributed by atoms with Gasteiger partial charge in [-0.25, -0.2) is 9.97 Å². The van der Waals surface area contributed by atoms with Gasteiger partial charge in [0.25, 0.3) is 0 Å². The van der Waals surface area contributed by atoms with Crippen molar-refractivity contribution in [1.29, 1.82) is 0 Å². The monoisotopic (exact) mass is 325 g/mol. The molecule has 5 nitrogen and oxygen atoms in total. The fourth-order valence-electron chi connectivity index (χ4n) is 3.25. The highest BCUT2D eigenvalue weighted by Crippen LogP contribution is 2.23. The number of rotatable bonds is 6. The molecule has 0 aromatic carbocycles. The number of anilines is 1. The third kappa shape index (κ3) is 4.29. The van der Waals surface area contributed by atoms with Crippen molar-refractivity contribution in [1.82, 2.24) is 20.3 Å². The molecule has 0 spiro atoms. The van der Waals surface area contributed by atoms with E-state index >= 15 is 0 Å². The predicted molar refractivity (Wildman–Crippen MR) is 97.1 cm³/mol. The van der Waals surface area contributed by atoms with Gasteiger partial charge in [0.1, 0.15) is 11.6 Å². The summed E-state index contributed by atoms with van der Waals surface area (Å²) in [5.41, 5.74) is 2.39. The molecule has 0 radical (unpaired) electrons. The Bertz CT molecular complexity index is 635. The molecule has 0 bridgehead atoms. The third-order valence-electron chi connectivity index (χ3n) is 4.57. The van der Waals surface area contributed by atoms with Gasteiger partial charge in [-0.3, -0.25) is 4.98 Å². The Morgan fingerprint density at radius 3 is 2.75 bits per heavy atom. The summed E-state index contributed by atoms with van der Waals surface area (Å²) >= 11 is 0. The van der Waals surface area contributed by atoms with Crippen LogP contribution in [0.4, 0.5) is 5.82 Å². The highest BCUT2D eigenvalue weighted by molar-refractivity contribution is 5.46. The van der Waals surface area contributed by atoms with E-state index in [1.54, 1.807) is 0 Å². The molecular formula is C19H27N5. The highest BCUT2D eigenvalue weighted by Gasteiger charge is 2.22. The average molecular weight is 325 g/mol. The molecule has 0 atom stereocenters. The van der Waals surface area contributed by atoms with Crippen LogP contribution in [0.1, 0.15) is 43.3 Å². The van der Waals surface area contributed by atoms with Crippen molar-refractivity contribution in [2.24, 2.45) is 0 Å². The summed E-state index contributed by atoms with van der Waals surface area (Å²) in [6.45, 7) is 7.12. The Morgan fingerprint density at radius 1 is 1.21 bits per heavy atom. The Morgan fingerprint density at radius 2 is 2.04 bits per heavy atom. The maximum absolute atomic E-state index is 4.72. The first-order chi connectivity index (χ1) is 11.8. The van der Waals surface area contributed by atoms with Gasteiger partial charge in [0.2, 0.25) is 0 Å². The highest BCUT2D eigenvalue weighted by atomic mass is 15.2. The van der Waals surface area contributed by atoms with Crippen LogP contribution in [-0.4, -0.2) is 34.1 Å². The van der Waals surface area contributed by atoms with Crippen LogP contribution in [0.3, 0.4) is 0 Å². The van der Waals surface area contributed by atoms with Crippen LogP contribution >= 0.6 is 0 Å². The summed E-state index contributed by atoms with van der Waals surface area (Å²) in [6, 6.07) is 6.63. The molecule has 0 amide bonds. The second-order valence-electron chi connectivity index (χ2n) is 6.48. The molecule has 24 heavy (non-hydrogen) atoms. The Hall–Kier alpha value is -2.01. The van der Waals surface area contributed by atoms with Crippen molar-refractivity contribution >= 4 is 5.82 Å². The van der Waals surface area contributed by atoms with Gasteiger partial charge in [0, 0.05) is 43.6 Å². The van der Waals surface area contributed by atoms with E-state index in [-0.39, 0.29) is 0 Å². The van der Waals surface area contributed by atoms with Gasteiger partial charge in [-0.15, -0.1) is 0 Å². The van der Waals surface area contributed by atoms with Crippen molar-refractivity contribution in [3.63, 3.8) is 0 Å². The standard InChI is InChI=1S/C19H27N5/c1-3-6-16-13-21-15(2)23-19(16)24-11-8-17(9-12-24)22-14-18-7-4-5-10-20-18/h4-5,7,10,13,17,22H,3,6,8-9,11-12,14H2,1-2H3. The number of piperidine rings is 1. The van der Waals surface area contributed by atoms with Crippen molar-refractivity contribution in [3.8, 4) is 0 Å². The van der Waals surface area contributed by atoms with E-state index in [9.17, 15) is 0 Å². The van der Waals surface area contributed by atoms with Gasteiger partial charge >= 0.3 is 0 Å². The number of hydrogen-bond acceptors (Lipinski definition) is 5. The minimum absolute atomic E-state index is 0.556. The predicted octanol–water partition coefficient (Wildman–Crippen LogP) is 2.89. The molecule has 1 aliphatic heterocycles. The van der Waals surface area contributed by atoms with Crippen molar-refractivity contribution < 1.29 is 0 Å². The number of pyridine rings is 1. The van der Waals surface area contributed by atoms with Crippen LogP contribution in [0, 0.1) is 6.92 Å². The second kappa shape index (κ2) is 8.20. The summed E-state index contributed by atoms with van der Waals surface area (Å²) in [7, 11) is 0. The molecular weight excluding hydrogens is 298 g/mol. The molecule has 2 aromatic heterocycles. The Balaban J connectivity index is 1.56. The van der Waals surface area contributed by atoms with E-state index in [2.05, 4.69) is 33.2 Å². The minimum atomic E-state index is 0.556. The first-order valence-corrected chi connectivity index (χ1v) is 8.97. The summed E-state index contributed by atoms with van der Waals surface area (Å²) in [6.07, 6.45) is 8.32. The summed E-state index contributed by atoms with van der Waals surface area (Å²) < 4.78 is 0. The average Bonchev–Trinajstić information content (AvgIpc) is 2.63. The molecule has 1 fully saturated rings. The van der Waals surface area contributed by atoms with Gasteiger partial charge in [-0.2, -0.15) is 0 Å². The number of aromatic nitrogens is 3. The van der Waals surface area contributed by atoms with E-state index in [0.717, 1.165) is 62.7 Å². The van der Waals surface area contributed by atoms with Gasteiger partial charge in [0.15, 0.2) is 0 Å². The molecule has 128 valence electrons. The zero-order valence-electron chi connectivity index (χ0n) is 14.7. The molecule has 1 N–H and O–H groups in total. The Kier molecular flexibility index (Phi) is 5.75. The molecule has 0 aliphatic carbocycles. The first kappa shape index (κ1) is 16.8. The summed E-state index contributed by atoms with van der Waals surface area (Å²) in [4.78, 5) is 15.9. The molecule has 2 aromatic rings. The third-order valence-corrected chi connectivity index (χ3v) is 4.57. The molecule has 5 heteroatoms. The Labute approximate surface area is 144 Å². The van der Waals surface area contributed by atoms with Crippen LogP contribution in [0.25, 0.3) is 0 Å². The van der Waals surface area contributed by atoms with E-state index in [0.29, 0.717) is 6.04 Å². The summed E-state index contributed by atoms with van der Waals surface area (Å²) in [5.74, 6) is 2.01. The van der Waals surface area contributed by atoms with Crippen LogP contribution in [-0.2, 0) is 13.0 Å². The summed E-state index contributed by atoms with van der Waals surface area (Å²) in [5, 5.41) is 3.64. The molecule has 3 rings (SSSR count). The van der Waals surface area contributed by atoms with E-state index in [1.165, 1.54) is 5.56 Å². The smallest absolute Gasteiger partial charge is 0.135 e. The van der Waals surface area contributed by atoms with Gasteiger partial charge in [0.05, 0.1) is 5.69 Å². The number of hydrogen-bond donors (Lipinski definition) is 1. The zero-order valence-corrected chi connectivity index (χ0v) is 14.7. The first-order valence-electron chi connectivity index (χ1n) is 8.97.